The molecule has 6 heteroatoms. The van der Waals surface area contributed by atoms with Gasteiger partial charge in [-0.1, -0.05) is 17.7 Å². The van der Waals surface area contributed by atoms with Gasteiger partial charge in [-0.3, -0.25) is 4.90 Å². The third kappa shape index (κ3) is 3.45. The van der Waals surface area contributed by atoms with Crippen molar-refractivity contribution in [2.24, 2.45) is 0 Å². The summed E-state index contributed by atoms with van der Waals surface area (Å²) in [6.45, 7) is 2.27. The number of ether oxygens (including phenoxy) is 1. The number of rotatable bonds is 3. The quantitative estimate of drug-likeness (QED) is 0.922. The predicted molar refractivity (Wildman–Crippen MR) is 71.8 cm³/mol. The normalized spacial score (nSPS) is 20.9. The summed E-state index contributed by atoms with van der Waals surface area (Å²) in [5, 5.41) is 9.59. The van der Waals surface area contributed by atoms with E-state index in [0.29, 0.717) is 24.7 Å². The Balaban J connectivity index is 2.00. The first-order valence-electron chi connectivity index (χ1n) is 5.57. The highest BCUT2D eigenvalue weighted by Crippen LogP contribution is 2.24. The molecule has 1 unspecified atom stereocenters. The Morgan fingerprint density at radius 3 is 3.06 bits per heavy atom. The molecule has 0 aliphatic carbocycles. The standard InChI is InChI=1S/C12H13BrClNO3/c13-9-2-1-8(5-10(9)14)6-15-3-4-18-11(7-15)12(16)17/h1-2,5,11H,3-4,6-7H2,(H,16,17). The maximum atomic E-state index is 10.9. The molecule has 1 aromatic carbocycles. The molecule has 0 amide bonds. The van der Waals surface area contributed by atoms with Crippen molar-refractivity contribution in [1.29, 1.82) is 0 Å². The Hall–Kier alpha value is -0.620. The number of aliphatic carboxylic acids is 1. The largest absolute Gasteiger partial charge is 0.479 e. The Labute approximate surface area is 119 Å². The molecule has 1 aliphatic heterocycles. The van der Waals surface area contributed by atoms with E-state index in [9.17, 15) is 4.79 Å². The van der Waals surface area contributed by atoms with E-state index in [4.69, 9.17) is 21.4 Å². The lowest BCUT2D eigenvalue weighted by Crippen LogP contribution is -2.45. The maximum absolute atomic E-state index is 10.9. The Morgan fingerprint density at radius 1 is 1.61 bits per heavy atom. The van der Waals surface area contributed by atoms with Gasteiger partial charge in [-0.2, -0.15) is 0 Å². The van der Waals surface area contributed by atoms with E-state index in [1.165, 1.54) is 0 Å². The lowest BCUT2D eigenvalue weighted by atomic mass is 10.2. The van der Waals surface area contributed by atoms with E-state index < -0.39 is 12.1 Å². The fraction of sp³-hybridized carbons (Fsp3) is 0.417. The summed E-state index contributed by atoms with van der Waals surface area (Å²) in [5.41, 5.74) is 1.06. The van der Waals surface area contributed by atoms with Crippen LogP contribution in [0.15, 0.2) is 22.7 Å². The van der Waals surface area contributed by atoms with Gasteiger partial charge < -0.3 is 9.84 Å². The highest BCUT2D eigenvalue weighted by Gasteiger charge is 2.26. The van der Waals surface area contributed by atoms with Gasteiger partial charge in [-0.05, 0) is 33.6 Å². The van der Waals surface area contributed by atoms with E-state index in [2.05, 4.69) is 20.8 Å². The minimum absolute atomic E-state index is 0.406. The van der Waals surface area contributed by atoms with Crippen molar-refractivity contribution in [2.45, 2.75) is 12.6 Å². The zero-order valence-corrected chi connectivity index (χ0v) is 11.9. The summed E-state index contributed by atoms with van der Waals surface area (Å²) in [5.74, 6) is -0.909. The molecule has 1 aromatic rings. The number of carboxylic acids is 1. The number of carboxylic acid groups (broad SMARTS) is 1. The molecule has 2 rings (SSSR count). The molecule has 98 valence electrons. The van der Waals surface area contributed by atoms with Crippen molar-refractivity contribution in [2.75, 3.05) is 19.7 Å². The molecule has 1 heterocycles. The average Bonchev–Trinajstić information content (AvgIpc) is 2.34. The van der Waals surface area contributed by atoms with Crippen LogP contribution in [0.3, 0.4) is 0 Å². The minimum Gasteiger partial charge on any atom is -0.479 e. The molecule has 18 heavy (non-hydrogen) atoms. The van der Waals surface area contributed by atoms with Crippen LogP contribution in [-0.2, 0) is 16.1 Å². The second kappa shape index (κ2) is 6.02. The Morgan fingerprint density at radius 2 is 2.39 bits per heavy atom. The van der Waals surface area contributed by atoms with Crippen LogP contribution in [0, 0.1) is 0 Å². The lowest BCUT2D eigenvalue weighted by Gasteiger charge is -2.30. The summed E-state index contributed by atoms with van der Waals surface area (Å²) in [7, 11) is 0. The summed E-state index contributed by atoms with van der Waals surface area (Å²) in [4.78, 5) is 12.9. The van der Waals surface area contributed by atoms with Crippen molar-refractivity contribution in [1.82, 2.24) is 4.90 Å². The molecule has 1 aliphatic rings. The van der Waals surface area contributed by atoms with Crippen LogP contribution in [0.1, 0.15) is 5.56 Å². The van der Waals surface area contributed by atoms with Gasteiger partial charge in [0.05, 0.1) is 11.6 Å². The zero-order valence-electron chi connectivity index (χ0n) is 9.60. The fourth-order valence-corrected chi connectivity index (χ4v) is 2.34. The fourth-order valence-electron chi connectivity index (χ4n) is 1.89. The van der Waals surface area contributed by atoms with Crippen LogP contribution < -0.4 is 0 Å². The molecule has 1 fully saturated rings. The number of morpholine rings is 1. The van der Waals surface area contributed by atoms with E-state index in [0.717, 1.165) is 16.6 Å². The summed E-state index contributed by atoms with van der Waals surface area (Å²) in [6, 6.07) is 5.75. The highest BCUT2D eigenvalue weighted by atomic mass is 79.9. The van der Waals surface area contributed by atoms with Gasteiger partial charge in [-0.25, -0.2) is 4.79 Å². The maximum Gasteiger partial charge on any atom is 0.334 e. The van der Waals surface area contributed by atoms with E-state index in [1.807, 2.05) is 18.2 Å². The first-order valence-corrected chi connectivity index (χ1v) is 6.74. The topological polar surface area (TPSA) is 49.8 Å². The van der Waals surface area contributed by atoms with Gasteiger partial charge in [0.25, 0.3) is 0 Å². The smallest absolute Gasteiger partial charge is 0.334 e. The second-order valence-electron chi connectivity index (χ2n) is 4.18. The summed E-state index contributed by atoms with van der Waals surface area (Å²) in [6.07, 6.45) is -0.732. The first-order chi connectivity index (χ1) is 8.56. The summed E-state index contributed by atoms with van der Waals surface area (Å²) < 4.78 is 6.03. The molecule has 0 radical (unpaired) electrons. The van der Waals surface area contributed by atoms with Crippen LogP contribution in [0.2, 0.25) is 5.02 Å². The molecular weight excluding hydrogens is 321 g/mol. The molecule has 0 bridgehead atoms. The molecule has 1 saturated heterocycles. The number of hydrogen-bond donors (Lipinski definition) is 1. The number of carbonyl (C=O) groups is 1. The number of halogens is 2. The van der Waals surface area contributed by atoms with Crippen LogP contribution >= 0.6 is 27.5 Å². The van der Waals surface area contributed by atoms with E-state index >= 15 is 0 Å². The molecule has 0 aromatic heterocycles. The van der Waals surface area contributed by atoms with Gasteiger partial charge in [-0.15, -0.1) is 0 Å². The predicted octanol–water partition coefficient (Wildman–Crippen LogP) is 2.39. The van der Waals surface area contributed by atoms with Gasteiger partial charge in [0.1, 0.15) is 0 Å². The highest BCUT2D eigenvalue weighted by molar-refractivity contribution is 9.10. The van der Waals surface area contributed by atoms with Gasteiger partial charge in [0, 0.05) is 24.1 Å². The third-order valence-electron chi connectivity index (χ3n) is 2.82. The first kappa shape index (κ1) is 13.8. The van der Waals surface area contributed by atoms with Crippen molar-refractivity contribution in [3.05, 3.63) is 33.3 Å². The Bertz CT molecular complexity index is 455. The van der Waals surface area contributed by atoms with Crippen molar-refractivity contribution >= 4 is 33.5 Å². The van der Waals surface area contributed by atoms with Crippen LogP contribution in [0.5, 0.6) is 0 Å². The number of nitrogens with zero attached hydrogens (tertiary/aromatic N) is 1. The molecule has 1 atom stereocenters. The molecule has 1 N–H and O–H groups in total. The second-order valence-corrected chi connectivity index (χ2v) is 5.44. The van der Waals surface area contributed by atoms with E-state index in [-0.39, 0.29) is 0 Å². The number of benzene rings is 1. The molecule has 0 saturated carbocycles. The molecule has 0 spiro atoms. The van der Waals surface area contributed by atoms with Crippen molar-refractivity contribution in [3.63, 3.8) is 0 Å². The minimum atomic E-state index is -0.909. The monoisotopic (exact) mass is 333 g/mol. The van der Waals surface area contributed by atoms with Crippen molar-refractivity contribution < 1.29 is 14.6 Å². The van der Waals surface area contributed by atoms with Crippen LogP contribution in [0.25, 0.3) is 0 Å². The summed E-state index contributed by atoms with van der Waals surface area (Å²) >= 11 is 9.37. The number of hydrogen-bond acceptors (Lipinski definition) is 3. The third-order valence-corrected chi connectivity index (χ3v) is 4.05. The van der Waals surface area contributed by atoms with Gasteiger partial charge in [0.2, 0.25) is 0 Å². The van der Waals surface area contributed by atoms with E-state index in [1.54, 1.807) is 0 Å². The van der Waals surface area contributed by atoms with Gasteiger partial charge in [0.15, 0.2) is 6.10 Å². The van der Waals surface area contributed by atoms with Crippen LogP contribution in [-0.4, -0.2) is 41.8 Å². The Kier molecular flexibility index (Phi) is 4.61. The molecule has 4 nitrogen and oxygen atoms in total. The van der Waals surface area contributed by atoms with Gasteiger partial charge >= 0.3 is 5.97 Å². The lowest BCUT2D eigenvalue weighted by molar-refractivity contribution is -0.156. The van der Waals surface area contributed by atoms with Crippen molar-refractivity contribution in [3.8, 4) is 0 Å². The van der Waals surface area contributed by atoms with Crippen LogP contribution in [0.4, 0.5) is 0 Å². The zero-order chi connectivity index (χ0) is 13.1. The molecular formula is C12H13BrClNO3. The SMILES string of the molecule is O=C(O)C1CN(Cc2ccc(Br)c(Cl)c2)CCO1. The average molecular weight is 335 g/mol.